The van der Waals surface area contributed by atoms with Crippen molar-refractivity contribution in [3.63, 3.8) is 0 Å². The molecule has 2 atom stereocenters. The van der Waals surface area contributed by atoms with Crippen LogP contribution in [0.5, 0.6) is 0 Å². The lowest BCUT2D eigenvalue weighted by Crippen LogP contribution is -2.48. The molecule has 0 unspecified atom stereocenters. The maximum atomic E-state index is 13.3. The van der Waals surface area contributed by atoms with Gasteiger partial charge in [-0.25, -0.2) is 4.39 Å². The van der Waals surface area contributed by atoms with Crippen LogP contribution in [0.4, 0.5) is 4.39 Å². The Hall–Kier alpha value is -2.05. The molecule has 1 fully saturated rings. The van der Waals surface area contributed by atoms with Crippen LogP contribution in [-0.4, -0.2) is 35.1 Å². The minimum absolute atomic E-state index is 0.186. The molecule has 0 bridgehead atoms. The number of halogens is 2. The van der Waals surface area contributed by atoms with Crippen molar-refractivity contribution < 1.29 is 14.0 Å². The predicted molar refractivity (Wildman–Crippen MR) is 106 cm³/mol. The molecule has 7 heteroatoms. The van der Waals surface area contributed by atoms with Crippen molar-refractivity contribution in [3.05, 3.63) is 70.5 Å². The third kappa shape index (κ3) is 4.28. The molecular weight excluding hydrogens is 387 g/mol. The van der Waals surface area contributed by atoms with E-state index in [2.05, 4.69) is 5.32 Å². The summed E-state index contributed by atoms with van der Waals surface area (Å²) < 4.78 is 13.3. The zero-order valence-electron chi connectivity index (χ0n) is 14.8. The van der Waals surface area contributed by atoms with Crippen LogP contribution in [0.25, 0.3) is 0 Å². The largest absolute Gasteiger partial charge is 0.354 e. The molecule has 1 N–H and O–H groups in total. The molecule has 0 aliphatic carbocycles. The van der Waals surface area contributed by atoms with Gasteiger partial charge in [-0.2, -0.15) is 0 Å². The van der Waals surface area contributed by atoms with E-state index in [9.17, 15) is 14.0 Å². The standard InChI is InChI=1S/C20H20ClFN2O2S/c1-2-11-23-18(25)17-12-27-20(13-7-9-14(22)10-8-13)24(17)19(26)15-5-3-4-6-16(15)21/h3-10,17,20H,2,11-12H2,1H3,(H,23,25)/t17-,20+/m1/s1. The van der Waals surface area contributed by atoms with Crippen molar-refractivity contribution >= 4 is 35.2 Å². The van der Waals surface area contributed by atoms with Gasteiger partial charge in [-0.15, -0.1) is 11.8 Å². The van der Waals surface area contributed by atoms with Gasteiger partial charge in [0.15, 0.2) is 0 Å². The van der Waals surface area contributed by atoms with Gasteiger partial charge in [0.25, 0.3) is 5.91 Å². The minimum atomic E-state index is -0.611. The normalized spacial score (nSPS) is 19.1. The second-order valence-corrected chi connectivity index (χ2v) is 7.76. The summed E-state index contributed by atoms with van der Waals surface area (Å²) in [6, 6.07) is 12.2. The van der Waals surface area contributed by atoms with Crippen LogP contribution in [0.3, 0.4) is 0 Å². The van der Waals surface area contributed by atoms with Crippen molar-refractivity contribution in [2.45, 2.75) is 24.8 Å². The zero-order valence-corrected chi connectivity index (χ0v) is 16.4. The smallest absolute Gasteiger partial charge is 0.257 e. The fourth-order valence-corrected chi connectivity index (χ4v) is 4.63. The first-order valence-electron chi connectivity index (χ1n) is 8.75. The van der Waals surface area contributed by atoms with Crippen molar-refractivity contribution in [3.8, 4) is 0 Å². The average Bonchev–Trinajstić information content (AvgIpc) is 3.11. The number of amides is 2. The zero-order chi connectivity index (χ0) is 19.4. The highest BCUT2D eigenvalue weighted by Gasteiger charge is 2.42. The summed E-state index contributed by atoms with van der Waals surface area (Å²) >= 11 is 7.71. The highest BCUT2D eigenvalue weighted by atomic mass is 35.5. The Morgan fingerprint density at radius 1 is 1.22 bits per heavy atom. The molecule has 1 saturated heterocycles. The predicted octanol–water partition coefficient (Wildman–Crippen LogP) is 4.26. The number of carbonyl (C=O) groups excluding carboxylic acids is 2. The minimum Gasteiger partial charge on any atom is -0.354 e. The molecule has 1 heterocycles. The van der Waals surface area contributed by atoms with Crippen molar-refractivity contribution in [2.24, 2.45) is 0 Å². The van der Waals surface area contributed by atoms with Crippen LogP contribution in [0.15, 0.2) is 48.5 Å². The fraction of sp³-hybridized carbons (Fsp3) is 0.300. The first-order chi connectivity index (χ1) is 13.0. The van der Waals surface area contributed by atoms with E-state index < -0.39 is 6.04 Å². The molecule has 2 aromatic carbocycles. The van der Waals surface area contributed by atoms with Crippen LogP contribution in [0.2, 0.25) is 5.02 Å². The van der Waals surface area contributed by atoms with E-state index in [1.807, 2.05) is 6.92 Å². The molecule has 2 amide bonds. The number of thioether (sulfide) groups is 1. The SMILES string of the molecule is CCCNC(=O)[C@H]1CS[C@@H](c2ccc(F)cc2)N1C(=O)c1ccccc1Cl. The van der Waals surface area contributed by atoms with Crippen LogP contribution in [0.1, 0.15) is 34.6 Å². The Labute approximate surface area is 167 Å². The lowest BCUT2D eigenvalue weighted by atomic mass is 10.1. The molecule has 0 radical (unpaired) electrons. The van der Waals surface area contributed by atoms with Gasteiger partial charge in [0.05, 0.1) is 10.6 Å². The number of nitrogens with zero attached hydrogens (tertiary/aromatic N) is 1. The Balaban J connectivity index is 1.96. The van der Waals surface area contributed by atoms with E-state index in [-0.39, 0.29) is 23.0 Å². The summed E-state index contributed by atoms with van der Waals surface area (Å²) in [7, 11) is 0. The maximum Gasteiger partial charge on any atom is 0.257 e. The van der Waals surface area contributed by atoms with E-state index >= 15 is 0 Å². The molecule has 142 valence electrons. The van der Waals surface area contributed by atoms with E-state index in [4.69, 9.17) is 11.6 Å². The monoisotopic (exact) mass is 406 g/mol. The second-order valence-electron chi connectivity index (χ2n) is 6.24. The number of hydrogen-bond donors (Lipinski definition) is 1. The average molecular weight is 407 g/mol. The Morgan fingerprint density at radius 3 is 2.59 bits per heavy atom. The van der Waals surface area contributed by atoms with E-state index in [0.29, 0.717) is 22.9 Å². The maximum absolute atomic E-state index is 13.3. The second kappa shape index (κ2) is 8.76. The van der Waals surface area contributed by atoms with E-state index in [1.54, 1.807) is 41.3 Å². The van der Waals surface area contributed by atoms with Crippen LogP contribution >= 0.6 is 23.4 Å². The number of carbonyl (C=O) groups is 2. The highest BCUT2D eigenvalue weighted by molar-refractivity contribution is 7.99. The Bertz CT molecular complexity index is 831. The molecule has 4 nitrogen and oxygen atoms in total. The van der Waals surface area contributed by atoms with Gasteiger partial charge < -0.3 is 10.2 Å². The summed E-state index contributed by atoms with van der Waals surface area (Å²) in [5, 5.41) is 2.82. The summed E-state index contributed by atoms with van der Waals surface area (Å²) in [5.74, 6) is -0.373. The van der Waals surface area contributed by atoms with Crippen LogP contribution in [-0.2, 0) is 4.79 Å². The van der Waals surface area contributed by atoms with Crippen molar-refractivity contribution in [1.29, 1.82) is 0 Å². The number of hydrogen-bond acceptors (Lipinski definition) is 3. The first-order valence-corrected chi connectivity index (χ1v) is 10.2. The fourth-order valence-electron chi connectivity index (χ4n) is 2.98. The molecule has 3 rings (SSSR count). The van der Waals surface area contributed by atoms with Crippen molar-refractivity contribution in [1.82, 2.24) is 10.2 Å². The summed E-state index contributed by atoms with van der Waals surface area (Å²) in [4.78, 5) is 27.5. The van der Waals surface area contributed by atoms with Gasteiger partial charge in [0, 0.05) is 12.3 Å². The van der Waals surface area contributed by atoms with Gasteiger partial charge in [0.1, 0.15) is 17.2 Å². The van der Waals surface area contributed by atoms with Gasteiger partial charge in [-0.05, 0) is 36.2 Å². The van der Waals surface area contributed by atoms with Crippen molar-refractivity contribution in [2.75, 3.05) is 12.3 Å². The van der Waals surface area contributed by atoms with E-state index in [1.165, 1.54) is 23.9 Å². The number of nitrogens with one attached hydrogen (secondary N) is 1. The molecule has 2 aromatic rings. The van der Waals surface area contributed by atoms with Gasteiger partial charge >= 0.3 is 0 Å². The van der Waals surface area contributed by atoms with Gasteiger partial charge in [-0.1, -0.05) is 42.8 Å². The molecule has 1 aliphatic heterocycles. The topological polar surface area (TPSA) is 49.4 Å². The third-order valence-corrected chi connectivity index (χ3v) is 6.00. The van der Waals surface area contributed by atoms with Crippen LogP contribution in [0, 0.1) is 5.82 Å². The third-order valence-electron chi connectivity index (χ3n) is 4.35. The summed E-state index contributed by atoms with van der Waals surface area (Å²) in [6.07, 6.45) is 0.811. The molecule has 0 aromatic heterocycles. The van der Waals surface area contributed by atoms with Crippen LogP contribution < -0.4 is 5.32 Å². The molecular formula is C20H20ClFN2O2S. The highest BCUT2D eigenvalue weighted by Crippen LogP contribution is 2.42. The summed E-state index contributed by atoms with van der Waals surface area (Å²) in [5.41, 5.74) is 1.12. The molecule has 0 spiro atoms. The quantitative estimate of drug-likeness (QED) is 0.807. The van der Waals surface area contributed by atoms with Gasteiger partial charge in [0.2, 0.25) is 5.91 Å². The number of benzene rings is 2. The first kappa shape index (κ1) is 19.7. The Morgan fingerprint density at radius 2 is 1.93 bits per heavy atom. The lowest BCUT2D eigenvalue weighted by Gasteiger charge is -2.29. The van der Waals surface area contributed by atoms with E-state index in [0.717, 1.165) is 12.0 Å². The molecule has 0 saturated carbocycles. The Kier molecular flexibility index (Phi) is 6.39. The summed E-state index contributed by atoms with van der Waals surface area (Å²) in [6.45, 7) is 2.52. The number of rotatable bonds is 5. The molecule has 1 aliphatic rings. The molecule has 27 heavy (non-hydrogen) atoms. The lowest BCUT2D eigenvalue weighted by molar-refractivity contribution is -0.124. The van der Waals surface area contributed by atoms with Gasteiger partial charge in [-0.3, -0.25) is 9.59 Å².